The van der Waals surface area contributed by atoms with Crippen LogP contribution in [-0.4, -0.2) is 30.6 Å². The third-order valence-electron chi connectivity index (χ3n) is 2.66. The summed E-state index contributed by atoms with van der Waals surface area (Å²) in [5, 5.41) is 9.41. The zero-order valence-corrected chi connectivity index (χ0v) is 8.59. The number of aliphatic hydroxyl groups is 1. The lowest BCUT2D eigenvalue weighted by Gasteiger charge is -2.16. The molecule has 0 amide bonds. The van der Waals surface area contributed by atoms with Gasteiger partial charge in [-0.15, -0.1) is 0 Å². The number of hydrogen-bond donors (Lipinski definition) is 1. The standard InChI is InChI=1S/C10H17F3O2/c11-10(12,13)7-15-6-9(14)5-8-3-1-2-4-8/h8-9,14H,1-7H2. The van der Waals surface area contributed by atoms with Crippen molar-refractivity contribution in [3.63, 3.8) is 0 Å². The molecule has 1 N–H and O–H groups in total. The van der Waals surface area contributed by atoms with Crippen molar-refractivity contribution in [2.75, 3.05) is 13.2 Å². The molecule has 0 aromatic rings. The van der Waals surface area contributed by atoms with Crippen molar-refractivity contribution in [3.05, 3.63) is 0 Å². The van der Waals surface area contributed by atoms with E-state index in [4.69, 9.17) is 0 Å². The lowest BCUT2D eigenvalue weighted by molar-refractivity contribution is -0.179. The molecule has 0 aromatic heterocycles. The van der Waals surface area contributed by atoms with Crippen LogP contribution in [0.3, 0.4) is 0 Å². The predicted octanol–water partition coefficient (Wildman–Crippen LogP) is 2.51. The Morgan fingerprint density at radius 1 is 1.27 bits per heavy atom. The van der Waals surface area contributed by atoms with Crippen molar-refractivity contribution in [1.82, 2.24) is 0 Å². The number of ether oxygens (including phenoxy) is 1. The fraction of sp³-hybridized carbons (Fsp3) is 1.00. The molecular weight excluding hydrogens is 209 g/mol. The first kappa shape index (κ1) is 12.8. The fourth-order valence-electron chi connectivity index (χ4n) is 2.01. The van der Waals surface area contributed by atoms with Crippen molar-refractivity contribution < 1.29 is 23.0 Å². The third kappa shape index (κ3) is 5.99. The molecule has 1 saturated carbocycles. The van der Waals surface area contributed by atoms with E-state index in [-0.39, 0.29) is 6.61 Å². The Bertz CT molecular complexity index is 176. The fourth-order valence-corrected chi connectivity index (χ4v) is 2.01. The second-order valence-electron chi connectivity index (χ2n) is 4.17. The van der Waals surface area contributed by atoms with E-state index in [1.165, 1.54) is 12.8 Å². The largest absolute Gasteiger partial charge is 0.411 e. The molecule has 0 saturated heterocycles. The van der Waals surface area contributed by atoms with E-state index in [9.17, 15) is 18.3 Å². The second-order valence-corrected chi connectivity index (χ2v) is 4.17. The van der Waals surface area contributed by atoms with Gasteiger partial charge in [0, 0.05) is 0 Å². The third-order valence-corrected chi connectivity index (χ3v) is 2.66. The highest BCUT2D eigenvalue weighted by Crippen LogP contribution is 2.28. The molecule has 1 unspecified atom stereocenters. The minimum Gasteiger partial charge on any atom is -0.391 e. The van der Waals surface area contributed by atoms with Gasteiger partial charge in [-0.05, 0) is 12.3 Å². The number of aliphatic hydroxyl groups excluding tert-OH is 1. The molecule has 1 atom stereocenters. The molecule has 0 aliphatic heterocycles. The molecule has 0 bridgehead atoms. The van der Waals surface area contributed by atoms with Gasteiger partial charge in [0.25, 0.3) is 0 Å². The molecule has 5 heteroatoms. The molecule has 0 spiro atoms. The maximum absolute atomic E-state index is 11.7. The minimum absolute atomic E-state index is 0.212. The Labute approximate surface area is 87.4 Å². The Morgan fingerprint density at radius 2 is 1.87 bits per heavy atom. The molecule has 1 aliphatic carbocycles. The summed E-state index contributed by atoms with van der Waals surface area (Å²) in [6.07, 6.45) is 0.00887. The van der Waals surface area contributed by atoms with Crippen molar-refractivity contribution in [3.8, 4) is 0 Å². The summed E-state index contributed by atoms with van der Waals surface area (Å²) in [6, 6.07) is 0. The predicted molar refractivity (Wildman–Crippen MR) is 49.5 cm³/mol. The van der Waals surface area contributed by atoms with Gasteiger partial charge in [0.15, 0.2) is 0 Å². The highest BCUT2D eigenvalue weighted by Gasteiger charge is 2.28. The van der Waals surface area contributed by atoms with Crippen LogP contribution >= 0.6 is 0 Å². The van der Waals surface area contributed by atoms with Crippen LogP contribution in [0.25, 0.3) is 0 Å². The van der Waals surface area contributed by atoms with Crippen molar-refractivity contribution in [2.45, 2.75) is 44.4 Å². The van der Waals surface area contributed by atoms with Gasteiger partial charge in [0.1, 0.15) is 6.61 Å². The van der Waals surface area contributed by atoms with Crippen molar-refractivity contribution >= 4 is 0 Å². The summed E-state index contributed by atoms with van der Waals surface area (Å²) in [5.41, 5.74) is 0. The highest BCUT2D eigenvalue weighted by molar-refractivity contribution is 4.70. The SMILES string of the molecule is OC(COCC(F)(F)F)CC1CCCC1. The van der Waals surface area contributed by atoms with Gasteiger partial charge in [-0.3, -0.25) is 0 Å². The molecule has 0 radical (unpaired) electrons. The van der Waals surface area contributed by atoms with Crippen LogP contribution < -0.4 is 0 Å². The quantitative estimate of drug-likeness (QED) is 0.780. The van der Waals surface area contributed by atoms with E-state index in [0.717, 1.165) is 12.8 Å². The topological polar surface area (TPSA) is 29.5 Å². The van der Waals surface area contributed by atoms with E-state index in [2.05, 4.69) is 4.74 Å². The van der Waals surface area contributed by atoms with Crippen LogP contribution in [0.2, 0.25) is 0 Å². The zero-order chi connectivity index (χ0) is 11.3. The van der Waals surface area contributed by atoms with Gasteiger partial charge in [-0.1, -0.05) is 25.7 Å². The maximum atomic E-state index is 11.7. The van der Waals surface area contributed by atoms with E-state index >= 15 is 0 Å². The molecule has 2 nitrogen and oxygen atoms in total. The lowest BCUT2D eigenvalue weighted by atomic mass is 10.0. The monoisotopic (exact) mass is 226 g/mol. The summed E-state index contributed by atoms with van der Waals surface area (Å²) in [4.78, 5) is 0. The minimum atomic E-state index is -4.30. The average molecular weight is 226 g/mol. The summed E-state index contributed by atoms with van der Waals surface area (Å²) in [6.45, 7) is -1.48. The van der Waals surface area contributed by atoms with E-state index in [0.29, 0.717) is 12.3 Å². The Kier molecular flexibility index (Phi) is 4.86. The second kappa shape index (κ2) is 5.70. The number of halogens is 3. The summed E-state index contributed by atoms with van der Waals surface area (Å²) < 4.78 is 39.5. The van der Waals surface area contributed by atoms with E-state index in [1.807, 2.05) is 0 Å². The Morgan fingerprint density at radius 3 is 2.40 bits per heavy atom. The molecular formula is C10H17F3O2. The normalized spacial score (nSPS) is 20.8. The van der Waals surface area contributed by atoms with Crippen molar-refractivity contribution in [1.29, 1.82) is 0 Å². The van der Waals surface area contributed by atoms with Gasteiger partial charge in [-0.25, -0.2) is 0 Å². The average Bonchev–Trinajstić information content (AvgIpc) is 2.54. The molecule has 0 aromatic carbocycles. The Hall–Kier alpha value is -0.290. The summed E-state index contributed by atoms with van der Waals surface area (Å²) >= 11 is 0. The van der Waals surface area contributed by atoms with Gasteiger partial charge in [0.05, 0.1) is 12.7 Å². The lowest BCUT2D eigenvalue weighted by Crippen LogP contribution is -2.24. The first-order valence-electron chi connectivity index (χ1n) is 5.30. The van der Waals surface area contributed by atoms with Gasteiger partial charge in [0.2, 0.25) is 0 Å². The molecule has 90 valence electrons. The number of rotatable bonds is 5. The van der Waals surface area contributed by atoms with Crippen LogP contribution in [0.5, 0.6) is 0 Å². The zero-order valence-electron chi connectivity index (χ0n) is 8.59. The van der Waals surface area contributed by atoms with Gasteiger partial charge >= 0.3 is 6.18 Å². The highest BCUT2D eigenvalue weighted by atomic mass is 19.4. The van der Waals surface area contributed by atoms with E-state index in [1.54, 1.807) is 0 Å². The maximum Gasteiger partial charge on any atom is 0.411 e. The van der Waals surface area contributed by atoms with Crippen LogP contribution in [0.15, 0.2) is 0 Å². The van der Waals surface area contributed by atoms with Gasteiger partial charge < -0.3 is 9.84 Å². The van der Waals surface area contributed by atoms with Crippen LogP contribution in [0, 0.1) is 5.92 Å². The smallest absolute Gasteiger partial charge is 0.391 e. The summed E-state index contributed by atoms with van der Waals surface area (Å²) in [7, 11) is 0. The molecule has 0 heterocycles. The first-order chi connectivity index (χ1) is 6.97. The molecule has 15 heavy (non-hydrogen) atoms. The number of hydrogen-bond acceptors (Lipinski definition) is 2. The van der Waals surface area contributed by atoms with Crippen LogP contribution in [-0.2, 0) is 4.74 Å². The van der Waals surface area contributed by atoms with Crippen LogP contribution in [0.1, 0.15) is 32.1 Å². The van der Waals surface area contributed by atoms with Crippen molar-refractivity contribution in [2.24, 2.45) is 5.92 Å². The first-order valence-corrected chi connectivity index (χ1v) is 5.30. The molecule has 1 aliphatic rings. The summed E-state index contributed by atoms with van der Waals surface area (Å²) in [5.74, 6) is 0.467. The number of alkyl halides is 3. The van der Waals surface area contributed by atoms with Gasteiger partial charge in [-0.2, -0.15) is 13.2 Å². The van der Waals surface area contributed by atoms with Crippen LogP contribution in [0.4, 0.5) is 13.2 Å². The molecule has 1 rings (SSSR count). The Balaban J connectivity index is 2.05. The molecule has 1 fully saturated rings. The van der Waals surface area contributed by atoms with E-state index < -0.39 is 18.9 Å².